The van der Waals surface area contributed by atoms with E-state index in [0.717, 1.165) is 28.7 Å². The predicted molar refractivity (Wildman–Crippen MR) is 81.4 cm³/mol. The molecule has 1 aliphatic rings. The molecule has 3 nitrogen and oxygen atoms in total. The van der Waals surface area contributed by atoms with E-state index < -0.39 is 0 Å². The Morgan fingerprint density at radius 1 is 1.47 bits per heavy atom. The average molecular weight is 259 g/mol. The summed E-state index contributed by atoms with van der Waals surface area (Å²) in [6.45, 7) is 5.21. The highest BCUT2D eigenvalue weighted by molar-refractivity contribution is 6.23. The number of quaternary nitrogens is 1. The molecule has 0 atom stereocenters. The van der Waals surface area contributed by atoms with Gasteiger partial charge in [-0.1, -0.05) is 11.5 Å². The highest BCUT2D eigenvalue weighted by Crippen LogP contribution is 2.18. The number of nitrogens with zero attached hydrogens (tertiary/aromatic N) is 1. The monoisotopic (exact) mass is 259 g/mol. The van der Waals surface area contributed by atoms with Gasteiger partial charge >= 0.3 is 0 Å². The van der Waals surface area contributed by atoms with Gasteiger partial charge in [-0.2, -0.15) is 0 Å². The zero-order chi connectivity index (χ0) is 14.5. The van der Waals surface area contributed by atoms with Crippen molar-refractivity contribution in [3.63, 3.8) is 0 Å². The van der Waals surface area contributed by atoms with Crippen molar-refractivity contribution in [2.24, 2.45) is 0 Å². The van der Waals surface area contributed by atoms with E-state index >= 15 is 0 Å². The second kappa shape index (κ2) is 6.66. The molecule has 0 bridgehead atoms. The molecule has 0 saturated heterocycles. The summed E-state index contributed by atoms with van der Waals surface area (Å²) in [4.78, 5) is 0. The zero-order valence-electron chi connectivity index (χ0n) is 12.4. The van der Waals surface area contributed by atoms with Crippen LogP contribution < -0.4 is 5.32 Å². The fourth-order valence-electron chi connectivity index (χ4n) is 1.62. The summed E-state index contributed by atoms with van der Waals surface area (Å²) in [6.07, 6.45) is 9.32. The van der Waals surface area contributed by atoms with Crippen molar-refractivity contribution in [2.75, 3.05) is 20.6 Å². The molecule has 1 rings (SSSR count). The van der Waals surface area contributed by atoms with Gasteiger partial charge in [0, 0.05) is 12.1 Å². The molecule has 1 aliphatic carbocycles. The van der Waals surface area contributed by atoms with E-state index in [9.17, 15) is 5.11 Å². The maximum atomic E-state index is 9.71. The van der Waals surface area contributed by atoms with Crippen LogP contribution in [0.25, 0.3) is 0 Å². The van der Waals surface area contributed by atoms with Crippen LogP contribution in [0.4, 0.5) is 0 Å². The summed E-state index contributed by atoms with van der Waals surface area (Å²) < 4.78 is 0.805. The highest BCUT2D eigenvalue weighted by Gasteiger charge is 2.08. The average Bonchev–Trinajstić information content (AvgIpc) is 2.35. The van der Waals surface area contributed by atoms with Gasteiger partial charge in [-0.05, 0) is 31.9 Å². The summed E-state index contributed by atoms with van der Waals surface area (Å²) in [5, 5.41) is 13.0. The SMILES string of the molecule is [B]C1=C(O)CCC=C(C)C(NC=C[N+](C)(C)CC)=C1. The third kappa shape index (κ3) is 4.99. The topological polar surface area (TPSA) is 32.3 Å². The van der Waals surface area contributed by atoms with E-state index in [2.05, 4.69) is 38.6 Å². The molecule has 2 radical (unpaired) electrons. The quantitative estimate of drug-likeness (QED) is 0.601. The van der Waals surface area contributed by atoms with Crippen molar-refractivity contribution in [1.82, 2.24) is 5.32 Å². The first kappa shape index (κ1) is 15.6. The second-order valence-corrected chi connectivity index (χ2v) is 5.44. The van der Waals surface area contributed by atoms with E-state index in [-0.39, 0.29) is 5.76 Å². The second-order valence-electron chi connectivity index (χ2n) is 5.44. The molecular weight excluding hydrogens is 235 g/mol. The fourth-order valence-corrected chi connectivity index (χ4v) is 1.62. The Balaban J connectivity index is 2.87. The van der Waals surface area contributed by atoms with Crippen LogP contribution in [-0.2, 0) is 0 Å². The Hall–Kier alpha value is -1.42. The number of allylic oxidation sites excluding steroid dienone is 5. The molecule has 0 heterocycles. The number of hydrogen-bond donors (Lipinski definition) is 2. The van der Waals surface area contributed by atoms with Crippen molar-refractivity contribution in [2.45, 2.75) is 26.7 Å². The lowest BCUT2D eigenvalue weighted by Gasteiger charge is -2.22. The largest absolute Gasteiger partial charge is 0.513 e. The van der Waals surface area contributed by atoms with Gasteiger partial charge in [0.1, 0.15) is 14.0 Å². The van der Waals surface area contributed by atoms with Gasteiger partial charge in [0.05, 0.1) is 32.6 Å². The molecule has 0 aliphatic heterocycles. The molecule has 0 aromatic heterocycles. The summed E-state index contributed by atoms with van der Waals surface area (Å²) >= 11 is 0. The van der Waals surface area contributed by atoms with Crippen LogP contribution in [0.1, 0.15) is 26.7 Å². The standard InChI is InChI=1S/C15H23BN2O/c1-5-18(3,4)10-9-17-14-11-13(16)15(19)8-6-7-12(14)2/h7,9-11,17H,5-6,8H2,1-4H3/p+1. The van der Waals surface area contributed by atoms with Gasteiger partial charge in [-0.15, -0.1) is 0 Å². The van der Waals surface area contributed by atoms with Gasteiger partial charge in [0.15, 0.2) is 0 Å². The zero-order valence-corrected chi connectivity index (χ0v) is 12.4. The minimum Gasteiger partial charge on any atom is -0.513 e. The molecule has 102 valence electrons. The minimum atomic E-state index is 0.261. The number of aliphatic hydroxyl groups is 1. The van der Waals surface area contributed by atoms with E-state index in [0.29, 0.717) is 11.9 Å². The van der Waals surface area contributed by atoms with Crippen molar-refractivity contribution >= 4 is 7.85 Å². The van der Waals surface area contributed by atoms with E-state index in [1.165, 1.54) is 0 Å². The Bertz CT molecular complexity index is 445. The first-order chi connectivity index (χ1) is 8.85. The molecule has 0 amide bonds. The number of rotatable bonds is 4. The first-order valence-corrected chi connectivity index (χ1v) is 6.69. The smallest absolute Gasteiger partial charge is 0.118 e. The Morgan fingerprint density at radius 2 is 2.16 bits per heavy atom. The van der Waals surface area contributed by atoms with Crippen molar-refractivity contribution in [1.29, 1.82) is 0 Å². The molecular formula is C15H24BN2O+. The number of hydrogen-bond acceptors (Lipinski definition) is 2. The maximum absolute atomic E-state index is 9.71. The summed E-state index contributed by atoms with van der Waals surface area (Å²) in [5.74, 6) is 0.261. The number of nitrogens with one attached hydrogen (secondary N) is 1. The van der Waals surface area contributed by atoms with E-state index in [1.807, 2.05) is 13.1 Å². The molecule has 0 aromatic rings. The first-order valence-electron chi connectivity index (χ1n) is 6.69. The lowest BCUT2D eigenvalue weighted by atomic mass is 9.89. The molecule has 4 heteroatoms. The maximum Gasteiger partial charge on any atom is 0.118 e. The summed E-state index contributed by atoms with van der Waals surface area (Å²) in [5.41, 5.74) is 2.51. The summed E-state index contributed by atoms with van der Waals surface area (Å²) in [6, 6.07) is 0. The predicted octanol–water partition coefficient (Wildman–Crippen LogP) is 2.71. The fraction of sp³-hybridized carbons (Fsp3) is 0.467. The van der Waals surface area contributed by atoms with Crippen LogP contribution in [0, 0.1) is 0 Å². The van der Waals surface area contributed by atoms with Gasteiger partial charge in [0.25, 0.3) is 0 Å². The van der Waals surface area contributed by atoms with Crippen LogP contribution in [-0.4, -0.2) is 38.1 Å². The molecule has 19 heavy (non-hydrogen) atoms. The summed E-state index contributed by atoms with van der Waals surface area (Å²) in [7, 11) is 10.1. The number of aliphatic hydroxyl groups excluding tert-OH is 1. The van der Waals surface area contributed by atoms with Crippen LogP contribution in [0.5, 0.6) is 0 Å². The third-order valence-corrected chi connectivity index (χ3v) is 3.42. The highest BCUT2D eigenvalue weighted by atomic mass is 16.3. The molecule has 0 spiro atoms. The normalized spacial score (nSPS) is 17.9. The van der Waals surface area contributed by atoms with Gasteiger partial charge < -0.3 is 14.9 Å². The van der Waals surface area contributed by atoms with Crippen molar-refractivity contribution in [3.8, 4) is 0 Å². The van der Waals surface area contributed by atoms with Crippen LogP contribution in [0.3, 0.4) is 0 Å². The van der Waals surface area contributed by atoms with Crippen LogP contribution in [0.2, 0.25) is 0 Å². The lowest BCUT2D eigenvalue weighted by molar-refractivity contribution is -0.837. The molecule has 0 aromatic carbocycles. The van der Waals surface area contributed by atoms with Crippen LogP contribution in [0.15, 0.2) is 47.1 Å². The van der Waals surface area contributed by atoms with Crippen molar-refractivity contribution < 1.29 is 9.59 Å². The van der Waals surface area contributed by atoms with Gasteiger partial charge in [-0.3, -0.25) is 0 Å². The van der Waals surface area contributed by atoms with E-state index in [1.54, 1.807) is 6.08 Å². The van der Waals surface area contributed by atoms with Gasteiger partial charge in [-0.25, -0.2) is 0 Å². The molecule has 0 fully saturated rings. The molecule has 0 unspecified atom stereocenters. The lowest BCUT2D eigenvalue weighted by Crippen LogP contribution is -2.33. The van der Waals surface area contributed by atoms with E-state index in [4.69, 9.17) is 7.85 Å². The molecule has 2 N–H and O–H groups in total. The van der Waals surface area contributed by atoms with Crippen LogP contribution >= 0.6 is 0 Å². The molecule has 0 saturated carbocycles. The van der Waals surface area contributed by atoms with Crippen molar-refractivity contribution in [3.05, 3.63) is 47.1 Å². The minimum absolute atomic E-state index is 0.261. The van der Waals surface area contributed by atoms with Gasteiger partial charge in [0.2, 0.25) is 0 Å². The Kier molecular flexibility index (Phi) is 5.49. The Morgan fingerprint density at radius 3 is 2.79 bits per heavy atom. The Labute approximate surface area is 118 Å². The third-order valence-electron chi connectivity index (χ3n) is 3.42.